The van der Waals surface area contributed by atoms with Crippen molar-refractivity contribution in [3.63, 3.8) is 0 Å². The lowest BCUT2D eigenvalue weighted by molar-refractivity contribution is -0.122. The van der Waals surface area contributed by atoms with Crippen LogP contribution in [0, 0.1) is 11.2 Å². The SMILES string of the molecule is N=C(/C=C(\NCc1ccccc1F)c1ccon1)c1nccc(NC(=O)CNC(=O)CCl)n1. The number of hydrogen-bond acceptors (Lipinski definition) is 8. The van der Waals surface area contributed by atoms with Crippen molar-refractivity contribution in [2.45, 2.75) is 6.54 Å². The number of halogens is 2. The summed E-state index contributed by atoms with van der Waals surface area (Å²) in [7, 11) is 0. The molecule has 0 unspecified atom stereocenters. The van der Waals surface area contributed by atoms with Crippen LogP contribution in [0.4, 0.5) is 10.2 Å². The largest absolute Gasteiger partial charge is 0.379 e. The molecule has 10 nitrogen and oxygen atoms in total. The van der Waals surface area contributed by atoms with Gasteiger partial charge >= 0.3 is 0 Å². The highest BCUT2D eigenvalue weighted by atomic mass is 35.5. The van der Waals surface area contributed by atoms with Crippen molar-refractivity contribution < 1.29 is 18.5 Å². The number of carbonyl (C=O) groups excluding carboxylic acids is 2. The van der Waals surface area contributed by atoms with Gasteiger partial charge in [0.15, 0.2) is 5.82 Å². The molecule has 0 spiro atoms. The molecule has 1 aromatic carbocycles. The lowest BCUT2D eigenvalue weighted by atomic mass is 10.2. The van der Waals surface area contributed by atoms with Gasteiger partial charge < -0.3 is 20.5 Å². The van der Waals surface area contributed by atoms with Crippen molar-refractivity contribution in [1.29, 1.82) is 5.41 Å². The van der Waals surface area contributed by atoms with Crippen molar-refractivity contribution >= 4 is 40.6 Å². The number of nitrogens with zero attached hydrogens (tertiary/aromatic N) is 3. The Bertz CT molecular complexity index is 1170. The Kier molecular flexibility index (Phi) is 8.19. The molecule has 0 aliphatic rings. The second-order valence-corrected chi connectivity index (χ2v) is 6.79. The molecule has 12 heteroatoms. The fraction of sp³-hybridized carbons (Fsp3) is 0.143. The maximum atomic E-state index is 14.0. The zero-order valence-corrected chi connectivity index (χ0v) is 17.9. The molecule has 0 fully saturated rings. The van der Waals surface area contributed by atoms with Crippen LogP contribution < -0.4 is 16.0 Å². The molecule has 0 radical (unpaired) electrons. The highest BCUT2D eigenvalue weighted by molar-refractivity contribution is 6.27. The van der Waals surface area contributed by atoms with Crippen molar-refractivity contribution in [2.75, 3.05) is 17.7 Å². The maximum absolute atomic E-state index is 14.0. The fourth-order valence-corrected chi connectivity index (χ4v) is 2.67. The number of carbonyl (C=O) groups is 2. The van der Waals surface area contributed by atoms with E-state index in [2.05, 4.69) is 31.1 Å². The van der Waals surface area contributed by atoms with Crippen LogP contribution in [0.3, 0.4) is 0 Å². The van der Waals surface area contributed by atoms with Gasteiger partial charge in [-0.25, -0.2) is 14.4 Å². The predicted molar refractivity (Wildman–Crippen MR) is 119 cm³/mol. The molecule has 33 heavy (non-hydrogen) atoms. The van der Waals surface area contributed by atoms with E-state index in [1.165, 1.54) is 30.7 Å². The van der Waals surface area contributed by atoms with E-state index in [4.69, 9.17) is 21.5 Å². The number of nitrogens with one attached hydrogen (secondary N) is 4. The molecule has 3 aromatic rings. The second kappa shape index (κ2) is 11.5. The molecular formula is C21H19ClFN7O3. The van der Waals surface area contributed by atoms with Gasteiger partial charge in [0.25, 0.3) is 0 Å². The molecule has 3 rings (SSSR count). The van der Waals surface area contributed by atoms with Gasteiger partial charge in [-0.2, -0.15) is 0 Å². The van der Waals surface area contributed by atoms with E-state index in [0.717, 1.165) is 0 Å². The van der Waals surface area contributed by atoms with Crippen molar-refractivity contribution in [3.05, 3.63) is 77.8 Å². The third-order valence-corrected chi connectivity index (χ3v) is 4.40. The number of allylic oxidation sites excluding steroid dienone is 1. The molecule has 0 saturated carbocycles. The Balaban J connectivity index is 1.73. The van der Waals surface area contributed by atoms with Crippen LogP contribution in [-0.4, -0.2) is 45.1 Å². The molecule has 0 aliphatic carbocycles. The van der Waals surface area contributed by atoms with E-state index in [1.807, 2.05) is 0 Å². The van der Waals surface area contributed by atoms with Crippen LogP contribution in [0.15, 0.2) is 59.5 Å². The van der Waals surface area contributed by atoms with Crippen LogP contribution in [0.25, 0.3) is 5.70 Å². The van der Waals surface area contributed by atoms with Gasteiger partial charge in [-0.15, -0.1) is 11.6 Å². The van der Waals surface area contributed by atoms with Crippen LogP contribution >= 0.6 is 11.6 Å². The smallest absolute Gasteiger partial charge is 0.244 e. The Morgan fingerprint density at radius 3 is 2.70 bits per heavy atom. The predicted octanol–water partition coefficient (Wildman–Crippen LogP) is 2.10. The number of hydrogen-bond donors (Lipinski definition) is 4. The third-order valence-electron chi connectivity index (χ3n) is 4.16. The van der Waals surface area contributed by atoms with Crippen LogP contribution in [0.1, 0.15) is 17.1 Å². The van der Waals surface area contributed by atoms with Gasteiger partial charge in [0.1, 0.15) is 35.2 Å². The molecule has 0 bridgehead atoms. The van der Waals surface area contributed by atoms with Gasteiger partial charge in [0.2, 0.25) is 11.8 Å². The molecule has 0 aliphatic heterocycles. The Labute approximate surface area is 192 Å². The monoisotopic (exact) mass is 471 g/mol. The summed E-state index contributed by atoms with van der Waals surface area (Å²) >= 11 is 5.37. The summed E-state index contributed by atoms with van der Waals surface area (Å²) in [5.41, 5.74) is 1.12. The lowest BCUT2D eigenvalue weighted by Crippen LogP contribution is -2.33. The van der Waals surface area contributed by atoms with Crippen molar-refractivity contribution in [1.82, 2.24) is 25.8 Å². The number of benzene rings is 1. The molecule has 2 aromatic heterocycles. The van der Waals surface area contributed by atoms with Gasteiger partial charge in [-0.1, -0.05) is 23.4 Å². The lowest BCUT2D eigenvalue weighted by Gasteiger charge is -2.10. The maximum Gasteiger partial charge on any atom is 0.244 e. The third kappa shape index (κ3) is 6.94. The Morgan fingerprint density at radius 1 is 1.15 bits per heavy atom. The topological polar surface area (TPSA) is 146 Å². The Morgan fingerprint density at radius 2 is 1.97 bits per heavy atom. The van der Waals surface area contributed by atoms with E-state index in [0.29, 0.717) is 17.0 Å². The zero-order valence-electron chi connectivity index (χ0n) is 17.1. The first-order chi connectivity index (χ1) is 16.0. The summed E-state index contributed by atoms with van der Waals surface area (Å²) in [6.45, 7) is -0.137. The molecule has 2 heterocycles. The average Bonchev–Trinajstić information content (AvgIpc) is 3.36. The van der Waals surface area contributed by atoms with Crippen molar-refractivity contribution in [3.8, 4) is 0 Å². The van der Waals surface area contributed by atoms with Gasteiger partial charge in [0.05, 0.1) is 12.2 Å². The van der Waals surface area contributed by atoms with Crippen molar-refractivity contribution in [2.24, 2.45) is 0 Å². The van der Waals surface area contributed by atoms with E-state index in [1.54, 1.807) is 24.3 Å². The second-order valence-electron chi connectivity index (χ2n) is 6.53. The number of alkyl halides is 1. The molecular weight excluding hydrogens is 453 g/mol. The fourth-order valence-electron chi connectivity index (χ4n) is 2.58. The number of amides is 2. The highest BCUT2D eigenvalue weighted by Crippen LogP contribution is 2.13. The van der Waals surface area contributed by atoms with Gasteiger partial charge in [0, 0.05) is 24.4 Å². The molecule has 170 valence electrons. The normalized spacial score (nSPS) is 11.0. The van der Waals surface area contributed by atoms with E-state index in [9.17, 15) is 14.0 Å². The zero-order chi connectivity index (χ0) is 23.6. The summed E-state index contributed by atoms with van der Waals surface area (Å²) in [6, 6.07) is 9.33. The van der Waals surface area contributed by atoms with E-state index < -0.39 is 11.8 Å². The number of rotatable bonds is 10. The quantitative estimate of drug-likeness (QED) is 0.261. The number of anilines is 1. The molecule has 0 saturated heterocycles. The minimum atomic E-state index is -0.518. The molecule has 4 N–H and O–H groups in total. The Hall–Kier alpha value is -4.12. The first-order valence-electron chi connectivity index (χ1n) is 9.60. The summed E-state index contributed by atoms with van der Waals surface area (Å²) in [5.74, 6) is -1.46. The standard InChI is InChI=1S/C21H19ClFN7O3/c22-10-19(31)27-12-20(32)28-18-5-7-25-21(29-18)15(24)9-17(16-6-8-33-30-16)26-11-13-3-1-2-4-14(13)23/h1-9,24,26H,10-12H2,(H,27,31)(H,25,28,29,32)/b17-9-,24-15?. The van der Waals surface area contributed by atoms with Crippen LogP contribution in [-0.2, 0) is 16.1 Å². The molecule has 0 atom stereocenters. The summed E-state index contributed by atoms with van der Waals surface area (Å²) in [4.78, 5) is 31.3. The van der Waals surface area contributed by atoms with E-state index >= 15 is 0 Å². The average molecular weight is 472 g/mol. The van der Waals surface area contributed by atoms with Crippen LogP contribution in [0.5, 0.6) is 0 Å². The highest BCUT2D eigenvalue weighted by Gasteiger charge is 2.12. The summed E-state index contributed by atoms with van der Waals surface area (Å²) in [6.07, 6.45) is 4.16. The van der Waals surface area contributed by atoms with Crippen LogP contribution in [0.2, 0.25) is 0 Å². The van der Waals surface area contributed by atoms with Gasteiger partial charge in [-0.05, 0) is 18.2 Å². The summed E-state index contributed by atoms with van der Waals surface area (Å²) < 4.78 is 18.8. The minimum absolute atomic E-state index is 0.0197. The molecule has 2 amide bonds. The minimum Gasteiger partial charge on any atom is -0.379 e. The first kappa shape index (κ1) is 23.5. The van der Waals surface area contributed by atoms with E-state index in [-0.39, 0.29) is 42.1 Å². The summed E-state index contributed by atoms with van der Waals surface area (Å²) in [5, 5.41) is 20.1. The van der Waals surface area contributed by atoms with Gasteiger partial charge in [-0.3, -0.25) is 15.0 Å². The number of aromatic nitrogens is 3. The first-order valence-corrected chi connectivity index (χ1v) is 10.1.